The summed E-state index contributed by atoms with van der Waals surface area (Å²) in [4.78, 5) is 39.1. The smallest absolute Gasteiger partial charge is 0.303 e. The highest BCUT2D eigenvalue weighted by molar-refractivity contribution is 7.80. The number of aromatic amines is 1. The van der Waals surface area contributed by atoms with Crippen LogP contribution >= 0.6 is 12.6 Å². The molecule has 244 valence electrons. The third-order valence-corrected chi connectivity index (χ3v) is 10.1. The maximum atomic E-state index is 12.6. The molecule has 3 aliphatic rings. The van der Waals surface area contributed by atoms with Gasteiger partial charge in [-0.1, -0.05) is 33.4 Å². The van der Waals surface area contributed by atoms with Crippen LogP contribution in [0, 0.1) is 30.1 Å². The van der Waals surface area contributed by atoms with Gasteiger partial charge in [0, 0.05) is 64.9 Å². The Morgan fingerprint density at radius 2 is 1.71 bits per heavy atom. The van der Waals surface area contributed by atoms with E-state index in [1.165, 1.54) is 0 Å². The maximum absolute atomic E-state index is 12.6. The number of hydrogen-bond acceptors (Lipinski definition) is 8. The first-order chi connectivity index (χ1) is 21.2. The van der Waals surface area contributed by atoms with Crippen LogP contribution in [0.15, 0.2) is 41.0 Å². The van der Waals surface area contributed by atoms with E-state index in [9.17, 15) is 29.7 Å². The molecule has 0 radical (unpaired) electrons. The lowest BCUT2D eigenvalue weighted by Gasteiger charge is -2.24. The molecule has 0 aromatic carbocycles. The molecular weight excluding hydrogens is 594 g/mol. The van der Waals surface area contributed by atoms with Gasteiger partial charge in [-0.2, -0.15) is 12.6 Å². The van der Waals surface area contributed by atoms with Gasteiger partial charge in [-0.15, -0.1) is 0 Å². The third kappa shape index (κ3) is 6.85. The molecule has 4 rings (SSSR count). The van der Waals surface area contributed by atoms with E-state index in [0.717, 1.165) is 33.5 Å². The summed E-state index contributed by atoms with van der Waals surface area (Å²) in [5.74, 6) is -2.36. The molecule has 45 heavy (non-hydrogen) atoms. The van der Waals surface area contributed by atoms with Crippen molar-refractivity contribution in [1.29, 1.82) is 5.41 Å². The molecule has 12 heteroatoms. The van der Waals surface area contributed by atoms with Crippen molar-refractivity contribution in [2.75, 3.05) is 0 Å². The Balaban J connectivity index is 1.72. The van der Waals surface area contributed by atoms with E-state index in [1.54, 1.807) is 6.08 Å². The van der Waals surface area contributed by atoms with E-state index in [-0.39, 0.29) is 71.9 Å². The fourth-order valence-corrected chi connectivity index (χ4v) is 7.49. The number of allylic oxidation sites excluding steroid dienone is 2. The summed E-state index contributed by atoms with van der Waals surface area (Å²) in [6.07, 6.45) is 4.50. The molecule has 8 N–H and O–H groups in total. The van der Waals surface area contributed by atoms with Crippen LogP contribution in [0.4, 0.5) is 0 Å². The lowest BCUT2D eigenvalue weighted by atomic mass is 9.85. The standard InChI is InChI=1S/C33H45N5O6S/c1-7-19-14(2)23(37-33(19)44)12-22-15(3)20(8-10-26(39)40)24(35-22)13-25-21(9-11-27(41)42)16(4)30(36-25)29(34)31-28(18(6)45)17(5)32(43)38-31/h7,13-14,17-18,22-23,28,31,34-37,44-45H,1,8-12H2,2-6H3,(H,38,43)(H,39,40)(H,41,42)/b24-13-,34-29?/t14?,17-,18?,22?,23-,28+,31?/m1/s1. The highest BCUT2D eigenvalue weighted by atomic mass is 32.1. The summed E-state index contributed by atoms with van der Waals surface area (Å²) >= 11 is 4.61. The molecule has 1 amide bonds. The monoisotopic (exact) mass is 639 g/mol. The molecule has 0 saturated carbocycles. The number of rotatable bonds is 13. The largest absolute Gasteiger partial charge is 0.495 e. The number of carbonyl (C=O) groups is 3. The van der Waals surface area contributed by atoms with Crippen molar-refractivity contribution < 1.29 is 29.7 Å². The van der Waals surface area contributed by atoms with Crippen molar-refractivity contribution in [2.24, 2.45) is 17.8 Å². The number of carbonyl (C=O) groups excluding carboxylic acids is 1. The van der Waals surface area contributed by atoms with Crippen molar-refractivity contribution >= 4 is 42.3 Å². The predicted molar refractivity (Wildman–Crippen MR) is 176 cm³/mol. The van der Waals surface area contributed by atoms with Crippen LogP contribution in [-0.4, -0.2) is 67.2 Å². The first-order valence-electron chi connectivity index (χ1n) is 15.4. The molecule has 0 bridgehead atoms. The maximum Gasteiger partial charge on any atom is 0.303 e. The number of thiol groups is 1. The number of H-pyrrole nitrogens is 1. The van der Waals surface area contributed by atoms with E-state index in [0.29, 0.717) is 24.2 Å². The first kappa shape index (κ1) is 34.0. The van der Waals surface area contributed by atoms with E-state index < -0.39 is 18.0 Å². The highest BCUT2D eigenvalue weighted by Gasteiger charge is 2.44. The number of aliphatic hydroxyl groups is 1. The van der Waals surface area contributed by atoms with E-state index in [2.05, 4.69) is 40.1 Å². The second kappa shape index (κ2) is 13.6. The van der Waals surface area contributed by atoms with Crippen LogP contribution in [0.3, 0.4) is 0 Å². The Labute approximate surface area is 269 Å². The number of aliphatic carboxylic acids is 2. The van der Waals surface area contributed by atoms with Crippen LogP contribution in [-0.2, 0) is 20.8 Å². The van der Waals surface area contributed by atoms with Crippen molar-refractivity contribution in [3.63, 3.8) is 0 Å². The summed E-state index contributed by atoms with van der Waals surface area (Å²) < 4.78 is 0. The SMILES string of the molecule is C=CC1=C(O)N[C@H](CC2N/C(=C\c3[nH]c(C(=N)C4NC(=O)[C@H](C)[C@H]4C(C)S)c(C)c3CCC(=O)O)C(CCC(=O)O)=C2C)C1C. The van der Waals surface area contributed by atoms with Crippen molar-refractivity contribution in [3.8, 4) is 0 Å². The van der Waals surface area contributed by atoms with Gasteiger partial charge in [0.15, 0.2) is 5.88 Å². The van der Waals surface area contributed by atoms with Crippen molar-refractivity contribution in [2.45, 2.75) is 90.1 Å². The summed E-state index contributed by atoms with van der Waals surface area (Å²) in [5, 5.41) is 48.0. The molecular formula is C33H45N5O6S. The molecule has 0 aliphatic carbocycles. The minimum atomic E-state index is -0.947. The van der Waals surface area contributed by atoms with E-state index in [1.807, 2.05) is 40.7 Å². The quantitative estimate of drug-likeness (QED) is 0.113. The number of nitrogens with one attached hydrogen (secondary N) is 5. The van der Waals surface area contributed by atoms with Gasteiger partial charge in [0.1, 0.15) is 0 Å². The van der Waals surface area contributed by atoms with Crippen LogP contribution in [0.25, 0.3) is 6.08 Å². The number of hydrogen-bond donors (Lipinski definition) is 9. The topological polar surface area (TPSA) is 188 Å². The Bertz CT molecular complexity index is 1500. The number of carboxylic acid groups (broad SMARTS) is 2. The van der Waals surface area contributed by atoms with Crippen LogP contribution in [0.5, 0.6) is 0 Å². The second-order valence-electron chi connectivity index (χ2n) is 12.5. The van der Waals surface area contributed by atoms with Gasteiger partial charge in [0.05, 0.1) is 17.4 Å². The van der Waals surface area contributed by atoms with Gasteiger partial charge >= 0.3 is 11.9 Å². The molecule has 4 unspecified atom stereocenters. The second-order valence-corrected chi connectivity index (χ2v) is 13.3. The Kier molecular flexibility index (Phi) is 10.3. The Morgan fingerprint density at radius 3 is 2.29 bits per heavy atom. The van der Waals surface area contributed by atoms with E-state index >= 15 is 0 Å². The van der Waals surface area contributed by atoms with Gasteiger partial charge in [-0.05, 0) is 61.5 Å². The van der Waals surface area contributed by atoms with Gasteiger partial charge in [0.2, 0.25) is 5.91 Å². The number of aromatic nitrogens is 1. The van der Waals surface area contributed by atoms with Crippen LogP contribution < -0.4 is 16.0 Å². The van der Waals surface area contributed by atoms with Gasteiger partial charge in [-0.25, -0.2) is 0 Å². The van der Waals surface area contributed by atoms with Gasteiger partial charge in [0.25, 0.3) is 0 Å². The molecule has 0 spiro atoms. The average Bonchev–Trinajstić information content (AvgIpc) is 3.63. The molecule has 1 fully saturated rings. The summed E-state index contributed by atoms with van der Waals surface area (Å²) in [7, 11) is 0. The highest BCUT2D eigenvalue weighted by Crippen LogP contribution is 2.37. The minimum absolute atomic E-state index is 0.0254. The summed E-state index contributed by atoms with van der Waals surface area (Å²) in [6.45, 7) is 13.4. The number of amides is 1. The molecule has 1 aromatic rings. The first-order valence-corrected chi connectivity index (χ1v) is 15.9. The Hall–Kier alpha value is -3.93. The number of aliphatic hydroxyl groups excluding tert-OH is 1. The fraction of sp³-hybridized carbons (Fsp3) is 0.515. The predicted octanol–water partition coefficient (Wildman–Crippen LogP) is 4.22. The summed E-state index contributed by atoms with van der Waals surface area (Å²) in [6, 6.07) is -0.762. The van der Waals surface area contributed by atoms with Gasteiger partial charge in [-0.3, -0.25) is 14.4 Å². The molecule has 1 saturated heterocycles. The third-order valence-electron chi connectivity index (χ3n) is 9.74. The molecule has 11 nitrogen and oxygen atoms in total. The molecule has 4 heterocycles. The lowest BCUT2D eigenvalue weighted by Crippen LogP contribution is -2.40. The lowest BCUT2D eigenvalue weighted by molar-refractivity contribution is -0.138. The zero-order chi connectivity index (χ0) is 33.3. The molecule has 7 atom stereocenters. The van der Waals surface area contributed by atoms with E-state index in [4.69, 9.17) is 5.41 Å². The minimum Gasteiger partial charge on any atom is -0.495 e. The van der Waals surface area contributed by atoms with Crippen molar-refractivity contribution in [3.05, 3.63) is 63.5 Å². The van der Waals surface area contributed by atoms with Crippen LogP contribution in [0.1, 0.15) is 75.9 Å². The zero-order valence-electron chi connectivity index (χ0n) is 26.5. The number of carboxylic acids is 2. The molecule has 3 aliphatic heterocycles. The molecule has 1 aromatic heterocycles. The Morgan fingerprint density at radius 1 is 1.07 bits per heavy atom. The zero-order valence-corrected chi connectivity index (χ0v) is 27.3. The van der Waals surface area contributed by atoms with Crippen LogP contribution in [0.2, 0.25) is 0 Å². The van der Waals surface area contributed by atoms with Gasteiger partial charge < -0.3 is 41.7 Å². The van der Waals surface area contributed by atoms with Crippen molar-refractivity contribution in [1.82, 2.24) is 20.9 Å². The fourth-order valence-electron chi connectivity index (χ4n) is 7.06. The normalized spacial score (nSPS) is 27.9. The summed E-state index contributed by atoms with van der Waals surface area (Å²) in [5.41, 5.74) is 6.18. The average molecular weight is 640 g/mol.